The maximum atomic E-state index is 12.2. The Labute approximate surface area is 134 Å². The van der Waals surface area contributed by atoms with E-state index < -0.39 is 5.91 Å². The molecule has 1 N–H and O–H groups in total. The Balaban J connectivity index is 1.73. The minimum Gasteiger partial charge on any atom is -0.441 e. The van der Waals surface area contributed by atoms with Gasteiger partial charge in [-0.15, -0.1) is 0 Å². The van der Waals surface area contributed by atoms with Crippen LogP contribution in [0.3, 0.4) is 0 Å². The summed E-state index contributed by atoms with van der Waals surface area (Å²) in [5, 5.41) is 11.9. The Morgan fingerprint density at radius 3 is 2.61 bits per heavy atom. The first-order valence-corrected chi connectivity index (χ1v) is 7.59. The van der Waals surface area contributed by atoms with E-state index in [0.717, 1.165) is 31.8 Å². The summed E-state index contributed by atoms with van der Waals surface area (Å²) in [5.41, 5.74) is 0.659. The number of nitriles is 1. The van der Waals surface area contributed by atoms with Gasteiger partial charge in [0.1, 0.15) is 17.4 Å². The number of carbonyl (C=O) groups excluding carboxylic acids is 1. The predicted octanol–water partition coefficient (Wildman–Crippen LogP) is 3.43. The predicted molar refractivity (Wildman–Crippen MR) is 88.8 cm³/mol. The van der Waals surface area contributed by atoms with Crippen molar-refractivity contribution in [2.45, 2.75) is 12.8 Å². The summed E-state index contributed by atoms with van der Waals surface area (Å²) >= 11 is 0. The normalized spacial score (nSPS) is 14.6. The van der Waals surface area contributed by atoms with Crippen LogP contribution in [0.1, 0.15) is 18.6 Å². The molecule has 1 aromatic heterocycles. The van der Waals surface area contributed by atoms with Gasteiger partial charge in [-0.1, -0.05) is 18.2 Å². The lowest BCUT2D eigenvalue weighted by molar-refractivity contribution is -0.112. The molecular formula is C18H17N3O2. The number of hydrogen-bond acceptors (Lipinski definition) is 4. The number of benzene rings is 1. The Hall–Kier alpha value is -3.00. The molecule has 0 radical (unpaired) electrons. The third kappa shape index (κ3) is 3.61. The summed E-state index contributed by atoms with van der Waals surface area (Å²) in [5.74, 6) is 0.846. The highest BCUT2D eigenvalue weighted by Crippen LogP contribution is 2.24. The molecule has 5 heteroatoms. The zero-order chi connectivity index (χ0) is 16.1. The van der Waals surface area contributed by atoms with Gasteiger partial charge in [0.05, 0.1) is 0 Å². The van der Waals surface area contributed by atoms with Crippen molar-refractivity contribution in [3.8, 4) is 6.07 Å². The van der Waals surface area contributed by atoms with Crippen LogP contribution in [0.2, 0.25) is 0 Å². The standard InChI is InChI=1S/C18H17N3O2/c19-13-14(18(22)20-15-6-2-1-3-7-15)12-16-8-9-17(23-16)21-10-4-5-11-21/h1-3,6-9,12H,4-5,10-11H2,(H,20,22)/b14-12+. The van der Waals surface area contributed by atoms with E-state index in [-0.39, 0.29) is 5.57 Å². The molecule has 2 heterocycles. The number of furan rings is 1. The summed E-state index contributed by atoms with van der Waals surface area (Å²) in [6.45, 7) is 1.96. The molecule has 1 saturated heterocycles. The van der Waals surface area contributed by atoms with Crippen molar-refractivity contribution >= 4 is 23.6 Å². The van der Waals surface area contributed by atoms with E-state index in [0.29, 0.717) is 11.4 Å². The Morgan fingerprint density at radius 1 is 1.17 bits per heavy atom. The molecule has 116 valence electrons. The van der Waals surface area contributed by atoms with Gasteiger partial charge in [0.15, 0.2) is 5.88 Å². The minimum absolute atomic E-state index is 0.0103. The van der Waals surface area contributed by atoms with Gasteiger partial charge in [-0.2, -0.15) is 5.26 Å². The summed E-state index contributed by atoms with van der Waals surface area (Å²) < 4.78 is 5.72. The number of hydrogen-bond donors (Lipinski definition) is 1. The van der Waals surface area contributed by atoms with Crippen LogP contribution in [-0.2, 0) is 4.79 Å². The second-order valence-electron chi connectivity index (χ2n) is 5.36. The number of nitrogens with one attached hydrogen (secondary N) is 1. The average molecular weight is 307 g/mol. The first-order chi connectivity index (χ1) is 11.3. The molecule has 0 unspecified atom stereocenters. The summed E-state index contributed by atoms with van der Waals surface area (Å²) in [6, 6.07) is 14.6. The molecule has 0 atom stereocenters. The molecule has 3 rings (SSSR count). The number of rotatable bonds is 4. The van der Waals surface area contributed by atoms with Crippen LogP contribution in [0.4, 0.5) is 11.6 Å². The van der Waals surface area contributed by atoms with Gasteiger partial charge in [0.25, 0.3) is 5.91 Å². The van der Waals surface area contributed by atoms with Crippen molar-refractivity contribution < 1.29 is 9.21 Å². The van der Waals surface area contributed by atoms with Crippen LogP contribution >= 0.6 is 0 Å². The monoisotopic (exact) mass is 307 g/mol. The fourth-order valence-electron chi connectivity index (χ4n) is 2.54. The first kappa shape index (κ1) is 14.9. The van der Waals surface area contributed by atoms with Crippen LogP contribution in [0.5, 0.6) is 0 Å². The first-order valence-electron chi connectivity index (χ1n) is 7.59. The van der Waals surface area contributed by atoms with Gasteiger partial charge >= 0.3 is 0 Å². The van der Waals surface area contributed by atoms with E-state index >= 15 is 0 Å². The lowest BCUT2D eigenvalue weighted by Crippen LogP contribution is -2.16. The molecule has 1 fully saturated rings. The van der Waals surface area contributed by atoms with Crippen LogP contribution < -0.4 is 10.2 Å². The van der Waals surface area contributed by atoms with E-state index in [2.05, 4.69) is 10.2 Å². The Bertz CT molecular complexity index is 750. The second-order valence-corrected chi connectivity index (χ2v) is 5.36. The fourth-order valence-corrected chi connectivity index (χ4v) is 2.54. The lowest BCUT2D eigenvalue weighted by Gasteiger charge is -2.12. The van der Waals surface area contributed by atoms with Gasteiger partial charge in [0, 0.05) is 30.9 Å². The van der Waals surface area contributed by atoms with Crippen LogP contribution in [-0.4, -0.2) is 19.0 Å². The van der Waals surface area contributed by atoms with Crippen molar-refractivity contribution in [1.82, 2.24) is 0 Å². The molecule has 1 aliphatic rings. The van der Waals surface area contributed by atoms with Crippen molar-refractivity contribution in [2.75, 3.05) is 23.3 Å². The number of anilines is 2. The average Bonchev–Trinajstić information content (AvgIpc) is 3.24. The van der Waals surface area contributed by atoms with Crippen molar-refractivity contribution in [3.63, 3.8) is 0 Å². The Kier molecular flexibility index (Phi) is 4.44. The topological polar surface area (TPSA) is 69.3 Å². The zero-order valence-electron chi connectivity index (χ0n) is 12.7. The van der Waals surface area contributed by atoms with E-state index in [4.69, 9.17) is 4.42 Å². The van der Waals surface area contributed by atoms with E-state index in [9.17, 15) is 10.1 Å². The molecule has 0 spiro atoms. The molecular weight excluding hydrogens is 290 g/mol. The number of amides is 1. The van der Waals surface area contributed by atoms with Gasteiger partial charge in [-0.3, -0.25) is 4.79 Å². The highest BCUT2D eigenvalue weighted by Gasteiger charge is 2.16. The highest BCUT2D eigenvalue weighted by molar-refractivity contribution is 6.09. The Morgan fingerprint density at radius 2 is 1.91 bits per heavy atom. The third-order valence-electron chi connectivity index (χ3n) is 3.71. The van der Waals surface area contributed by atoms with Crippen molar-refractivity contribution in [2.24, 2.45) is 0 Å². The molecule has 5 nitrogen and oxygen atoms in total. The van der Waals surface area contributed by atoms with Crippen LogP contribution in [0.25, 0.3) is 6.08 Å². The van der Waals surface area contributed by atoms with Crippen LogP contribution in [0, 0.1) is 11.3 Å². The summed E-state index contributed by atoms with van der Waals surface area (Å²) in [7, 11) is 0. The molecule has 0 aliphatic carbocycles. The zero-order valence-corrected chi connectivity index (χ0v) is 12.7. The molecule has 0 saturated carbocycles. The SMILES string of the molecule is N#C/C(=C\c1ccc(N2CCCC2)o1)C(=O)Nc1ccccc1. The smallest absolute Gasteiger partial charge is 0.266 e. The lowest BCUT2D eigenvalue weighted by atomic mass is 10.2. The molecule has 2 aromatic rings. The van der Waals surface area contributed by atoms with E-state index in [1.807, 2.05) is 30.3 Å². The van der Waals surface area contributed by atoms with E-state index in [1.165, 1.54) is 6.08 Å². The molecule has 23 heavy (non-hydrogen) atoms. The second kappa shape index (κ2) is 6.84. The van der Waals surface area contributed by atoms with Crippen LogP contribution in [0.15, 0.2) is 52.5 Å². The van der Waals surface area contributed by atoms with Gasteiger partial charge < -0.3 is 14.6 Å². The number of nitrogens with zero attached hydrogens (tertiary/aromatic N) is 2. The van der Waals surface area contributed by atoms with Crippen molar-refractivity contribution in [3.05, 3.63) is 53.8 Å². The maximum absolute atomic E-state index is 12.2. The largest absolute Gasteiger partial charge is 0.441 e. The summed E-state index contributed by atoms with van der Waals surface area (Å²) in [4.78, 5) is 14.3. The highest BCUT2D eigenvalue weighted by atomic mass is 16.4. The fraction of sp³-hybridized carbons (Fsp3) is 0.222. The van der Waals surface area contributed by atoms with Crippen molar-refractivity contribution in [1.29, 1.82) is 5.26 Å². The van der Waals surface area contributed by atoms with E-state index in [1.54, 1.807) is 18.2 Å². The van der Waals surface area contributed by atoms with Gasteiger partial charge in [-0.25, -0.2) is 0 Å². The molecule has 1 aliphatic heterocycles. The van der Waals surface area contributed by atoms with Gasteiger partial charge in [-0.05, 0) is 31.0 Å². The summed E-state index contributed by atoms with van der Waals surface area (Å²) in [6.07, 6.45) is 3.79. The minimum atomic E-state index is -0.446. The number of para-hydroxylation sites is 1. The third-order valence-corrected chi connectivity index (χ3v) is 3.71. The molecule has 1 amide bonds. The van der Waals surface area contributed by atoms with Gasteiger partial charge in [0.2, 0.25) is 0 Å². The number of carbonyl (C=O) groups is 1. The maximum Gasteiger partial charge on any atom is 0.266 e. The quantitative estimate of drug-likeness (QED) is 0.694. The molecule has 1 aromatic carbocycles. The molecule has 0 bridgehead atoms.